The Labute approximate surface area is 125 Å². The Morgan fingerprint density at radius 1 is 1.19 bits per heavy atom. The molecule has 118 valence electrons. The molecule has 3 saturated carbocycles. The number of carboxylic acids is 1. The van der Waals surface area contributed by atoms with Crippen LogP contribution in [0.4, 0.5) is 4.79 Å². The van der Waals surface area contributed by atoms with Gasteiger partial charge in [0.15, 0.2) is 0 Å². The van der Waals surface area contributed by atoms with Gasteiger partial charge >= 0.3 is 12.1 Å². The van der Waals surface area contributed by atoms with Gasteiger partial charge in [0.25, 0.3) is 0 Å². The number of hydrogen-bond acceptors (Lipinski definition) is 3. The summed E-state index contributed by atoms with van der Waals surface area (Å²) in [7, 11) is 0. The van der Waals surface area contributed by atoms with Gasteiger partial charge in [0.05, 0.1) is 0 Å². The lowest BCUT2D eigenvalue weighted by molar-refractivity contribution is -0.156. The molecular weight excluding hydrogens is 270 g/mol. The second-order valence-electron chi connectivity index (χ2n) is 7.89. The molecule has 0 saturated heterocycles. The van der Waals surface area contributed by atoms with Gasteiger partial charge in [0.2, 0.25) is 0 Å². The van der Waals surface area contributed by atoms with Crippen LogP contribution < -0.4 is 0 Å². The van der Waals surface area contributed by atoms with Crippen molar-refractivity contribution in [1.29, 1.82) is 0 Å². The Balaban J connectivity index is 1.92. The SMILES string of the molecule is CC(C)(C)OC(=O)N(C1CC1)C1(C(=O)O)CC2CCC1C2. The molecule has 3 atom stereocenters. The molecule has 2 bridgehead atoms. The highest BCUT2D eigenvalue weighted by Crippen LogP contribution is 2.56. The number of nitrogens with zero attached hydrogens (tertiary/aromatic N) is 1. The maximum Gasteiger partial charge on any atom is 0.411 e. The number of rotatable bonds is 3. The van der Waals surface area contributed by atoms with E-state index in [4.69, 9.17) is 4.74 Å². The molecule has 0 aliphatic heterocycles. The van der Waals surface area contributed by atoms with Crippen molar-refractivity contribution in [2.45, 2.75) is 76.5 Å². The molecule has 0 aromatic heterocycles. The van der Waals surface area contributed by atoms with Gasteiger partial charge < -0.3 is 9.84 Å². The van der Waals surface area contributed by atoms with Crippen LogP contribution in [0.2, 0.25) is 0 Å². The lowest BCUT2D eigenvalue weighted by atomic mass is 9.79. The Morgan fingerprint density at radius 2 is 1.86 bits per heavy atom. The van der Waals surface area contributed by atoms with Gasteiger partial charge in [-0.15, -0.1) is 0 Å². The van der Waals surface area contributed by atoms with E-state index in [2.05, 4.69) is 0 Å². The maximum atomic E-state index is 12.7. The van der Waals surface area contributed by atoms with E-state index < -0.39 is 23.2 Å². The minimum atomic E-state index is -1.02. The van der Waals surface area contributed by atoms with E-state index >= 15 is 0 Å². The molecule has 3 rings (SSSR count). The lowest BCUT2D eigenvalue weighted by Crippen LogP contribution is -2.61. The number of amides is 1. The molecule has 5 nitrogen and oxygen atoms in total. The highest BCUT2D eigenvalue weighted by molar-refractivity contribution is 5.86. The van der Waals surface area contributed by atoms with Crippen molar-refractivity contribution in [3.63, 3.8) is 0 Å². The van der Waals surface area contributed by atoms with Crippen molar-refractivity contribution >= 4 is 12.1 Å². The zero-order valence-corrected chi connectivity index (χ0v) is 13.1. The molecule has 0 heterocycles. The summed E-state index contributed by atoms with van der Waals surface area (Å²) in [6.07, 6.45) is 4.91. The van der Waals surface area contributed by atoms with Crippen LogP contribution in [0, 0.1) is 11.8 Å². The molecule has 1 N–H and O–H groups in total. The molecule has 3 unspecified atom stereocenters. The second-order valence-corrected chi connectivity index (χ2v) is 7.89. The van der Waals surface area contributed by atoms with E-state index in [1.54, 1.807) is 4.90 Å². The smallest absolute Gasteiger partial charge is 0.411 e. The van der Waals surface area contributed by atoms with Gasteiger partial charge in [-0.05, 0) is 71.1 Å². The number of carbonyl (C=O) groups excluding carboxylic acids is 1. The molecule has 3 aliphatic carbocycles. The standard InChI is InChI=1S/C16H25NO4/c1-15(2,3)21-14(20)17(12-6-7-12)16(13(18)19)9-10-4-5-11(16)8-10/h10-12H,4-9H2,1-3H3,(H,18,19). The number of carboxylic acid groups (broad SMARTS) is 1. The number of ether oxygens (including phenoxy) is 1. The summed E-state index contributed by atoms with van der Waals surface area (Å²) >= 11 is 0. The minimum absolute atomic E-state index is 0.0512. The molecule has 1 amide bonds. The summed E-state index contributed by atoms with van der Waals surface area (Å²) < 4.78 is 5.52. The summed E-state index contributed by atoms with van der Waals surface area (Å²) in [4.78, 5) is 26.4. The predicted molar refractivity (Wildman–Crippen MR) is 76.9 cm³/mol. The summed E-state index contributed by atoms with van der Waals surface area (Å²) in [6.45, 7) is 5.47. The average molecular weight is 295 g/mol. The van der Waals surface area contributed by atoms with Crippen LogP contribution in [0.1, 0.15) is 59.3 Å². The highest BCUT2D eigenvalue weighted by atomic mass is 16.6. The first-order chi connectivity index (χ1) is 9.74. The maximum absolute atomic E-state index is 12.7. The first-order valence-corrected chi connectivity index (χ1v) is 8.00. The first-order valence-electron chi connectivity index (χ1n) is 8.00. The lowest BCUT2D eigenvalue weighted by Gasteiger charge is -2.44. The third kappa shape index (κ3) is 2.40. The summed E-state index contributed by atoms with van der Waals surface area (Å²) in [5.41, 5.74) is -1.62. The fraction of sp³-hybridized carbons (Fsp3) is 0.875. The molecule has 0 spiro atoms. The zero-order chi connectivity index (χ0) is 15.4. The van der Waals surface area contributed by atoms with Crippen molar-refractivity contribution in [1.82, 2.24) is 4.90 Å². The van der Waals surface area contributed by atoms with Crippen LogP contribution in [-0.2, 0) is 9.53 Å². The third-order valence-electron chi connectivity index (χ3n) is 5.12. The largest absolute Gasteiger partial charge is 0.479 e. The van der Waals surface area contributed by atoms with Gasteiger partial charge in [-0.1, -0.05) is 0 Å². The predicted octanol–water partition coefficient (Wildman–Crippen LogP) is 3.03. The summed E-state index contributed by atoms with van der Waals surface area (Å²) in [6, 6.07) is 0.0512. The first kappa shape index (κ1) is 14.7. The highest BCUT2D eigenvalue weighted by Gasteiger charge is 2.63. The molecule has 3 fully saturated rings. The van der Waals surface area contributed by atoms with Crippen LogP contribution in [0.3, 0.4) is 0 Å². The topological polar surface area (TPSA) is 66.8 Å². The van der Waals surface area contributed by atoms with Crippen LogP contribution in [0.5, 0.6) is 0 Å². The van der Waals surface area contributed by atoms with Gasteiger partial charge in [-0.25, -0.2) is 9.59 Å². The zero-order valence-electron chi connectivity index (χ0n) is 13.1. The molecule has 0 aromatic rings. The Morgan fingerprint density at radius 3 is 2.24 bits per heavy atom. The van der Waals surface area contributed by atoms with Gasteiger partial charge in [-0.3, -0.25) is 4.90 Å². The van der Waals surface area contributed by atoms with Crippen LogP contribution in [-0.4, -0.2) is 39.3 Å². The van der Waals surface area contributed by atoms with Gasteiger partial charge in [0.1, 0.15) is 11.1 Å². The van der Waals surface area contributed by atoms with E-state index in [1.165, 1.54) is 0 Å². The van der Waals surface area contributed by atoms with E-state index in [1.807, 2.05) is 20.8 Å². The van der Waals surface area contributed by atoms with Crippen molar-refractivity contribution in [3.8, 4) is 0 Å². The van der Waals surface area contributed by atoms with Crippen molar-refractivity contribution in [2.24, 2.45) is 11.8 Å². The van der Waals surface area contributed by atoms with E-state index in [0.717, 1.165) is 32.1 Å². The Kier molecular flexibility index (Phi) is 3.22. The minimum Gasteiger partial charge on any atom is -0.479 e. The summed E-state index contributed by atoms with van der Waals surface area (Å²) in [5, 5.41) is 9.93. The molecule has 0 radical (unpaired) electrons. The molecule has 3 aliphatic rings. The molecule has 5 heteroatoms. The van der Waals surface area contributed by atoms with Crippen LogP contribution >= 0.6 is 0 Å². The van der Waals surface area contributed by atoms with Crippen LogP contribution in [0.25, 0.3) is 0 Å². The summed E-state index contributed by atoms with van der Waals surface area (Å²) in [5.74, 6) is -0.296. The molecular formula is C16H25NO4. The Hall–Kier alpha value is -1.26. The van der Waals surface area contributed by atoms with Crippen molar-refractivity contribution < 1.29 is 19.4 Å². The fourth-order valence-corrected chi connectivity index (χ4v) is 4.24. The van der Waals surface area contributed by atoms with Crippen molar-refractivity contribution in [3.05, 3.63) is 0 Å². The van der Waals surface area contributed by atoms with E-state index in [0.29, 0.717) is 12.3 Å². The number of carbonyl (C=O) groups is 2. The Bertz CT molecular complexity index is 465. The van der Waals surface area contributed by atoms with Crippen molar-refractivity contribution in [2.75, 3.05) is 0 Å². The normalized spacial score (nSPS) is 34.8. The molecule has 21 heavy (non-hydrogen) atoms. The third-order valence-corrected chi connectivity index (χ3v) is 5.12. The molecule has 0 aromatic carbocycles. The van der Waals surface area contributed by atoms with E-state index in [-0.39, 0.29) is 12.0 Å². The number of hydrogen-bond donors (Lipinski definition) is 1. The number of aliphatic carboxylic acids is 1. The van der Waals surface area contributed by atoms with Gasteiger partial charge in [0, 0.05) is 6.04 Å². The van der Waals surface area contributed by atoms with Crippen LogP contribution in [0.15, 0.2) is 0 Å². The monoisotopic (exact) mass is 295 g/mol. The second kappa shape index (κ2) is 4.62. The fourth-order valence-electron chi connectivity index (χ4n) is 4.24. The number of fused-ring (bicyclic) bond motifs is 2. The van der Waals surface area contributed by atoms with E-state index in [9.17, 15) is 14.7 Å². The quantitative estimate of drug-likeness (QED) is 0.869. The average Bonchev–Trinajstić information content (AvgIpc) is 2.95. The van der Waals surface area contributed by atoms with Gasteiger partial charge in [-0.2, -0.15) is 0 Å².